The maximum absolute atomic E-state index is 15.4. The molecule has 1 aromatic heterocycles. The van der Waals surface area contributed by atoms with Crippen LogP contribution in [0.2, 0.25) is 0 Å². The summed E-state index contributed by atoms with van der Waals surface area (Å²) in [5, 5.41) is 9.52. The average Bonchev–Trinajstić information content (AvgIpc) is 2.76. The molecule has 0 spiro atoms. The molecular formula is C23H26FN3O5. The normalized spacial score (nSPS) is 19.6. The highest BCUT2D eigenvalue weighted by molar-refractivity contribution is 5.95. The number of nitrogens with two attached hydrogens (primary N) is 1. The van der Waals surface area contributed by atoms with E-state index >= 15 is 4.39 Å². The largest absolute Gasteiger partial charge is 0.477 e. The second kappa shape index (κ2) is 8.38. The fourth-order valence-electron chi connectivity index (χ4n) is 4.68. The molecule has 1 fully saturated rings. The SMILES string of the molecule is C=C[C@H]1CCc2c(N3CCC(OC(=O)[C@H](C)N)CC3)c(F)cc3c(=O)c(C(=O)O)cn1c23. The van der Waals surface area contributed by atoms with Crippen LogP contribution in [0, 0.1) is 5.82 Å². The minimum Gasteiger partial charge on any atom is -0.477 e. The standard InChI is InChI=1S/C23H26FN3O5/c1-3-13-4-5-15-19-16(21(28)17(22(29)30)11-27(13)19)10-18(24)20(15)26-8-6-14(7-9-26)32-23(31)12(2)25/h3,10-14H,1,4-9,25H2,2H3,(H,29,30)/t12-,13-/m0/s1. The van der Waals surface area contributed by atoms with Crippen LogP contribution < -0.4 is 16.1 Å². The number of halogens is 1. The monoisotopic (exact) mass is 443 g/mol. The van der Waals surface area contributed by atoms with Crippen molar-refractivity contribution in [1.82, 2.24) is 4.57 Å². The number of rotatable bonds is 5. The molecule has 1 saturated heterocycles. The van der Waals surface area contributed by atoms with Crippen LogP contribution in [0.15, 0.2) is 29.7 Å². The highest BCUT2D eigenvalue weighted by atomic mass is 19.1. The van der Waals surface area contributed by atoms with Crippen LogP contribution in [0.1, 0.15) is 48.1 Å². The number of hydrogen-bond donors (Lipinski definition) is 2. The number of ether oxygens (including phenoxy) is 1. The number of pyridine rings is 1. The number of hydrogen-bond acceptors (Lipinski definition) is 6. The summed E-state index contributed by atoms with van der Waals surface area (Å²) in [7, 11) is 0. The van der Waals surface area contributed by atoms with Gasteiger partial charge in [0, 0.05) is 43.1 Å². The Morgan fingerprint density at radius 3 is 2.62 bits per heavy atom. The predicted molar refractivity (Wildman–Crippen MR) is 118 cm³/mol. The third-order valence-corrected chi connectivity index (χ3v) is 6.30. The van der Waals surface area contributed by atoms with E-state index in [2.05, 4.69) is 6.58 Å². The minimum atomic E-state index is -1.34. The van der Waals surface area contributed by atoms with E-state index in [4.69, 9.17) is 10.5 Å². The van der Waals surface area contributed by atoms with Gasteiger partial charge < -0.3 is 25.0 Å². The number of anilines is 1. The number of allylic oxidation sites excluding steroid dienone is 1. The van der Waals surface area contributed by atoms with Gasteiger partial charge in [0.15, 0.2) is 0 Å². The Kier molecular flexibility index (Phi) is 5.77. The van der Waals surface area contributed by atoms with Crippen LogP contribution in [0.4, 0.5) is 10.1 Å². The summed E-state index contributed by atoms with van der Waals surface area (Å²) in [6.07, 6.45) is 5.00. The first-order valence-electron chi connectivity index (χ1n) is 10.7. The van der Waals surface area contributed by atoms with E-state index in [0.717, 1.165) is 6.07 Å². The summed E-state index contributed by atoms with van der Waals surface area (Å²) in [6.45, 7) is 6.36. The minimum absolute atomic E-state index is 0.0634. The van der Waals surface area contributed by atoms with Crippen molar-refractivity contribution in [2.75, 3.05) is 18.0 Å². The molecule has 3 N–H and O–H groups in total. The lowest BCUT2D eigenvalue weighted by Gasteiger charge is -2.37. The Morgan fingerprint density at radius 2 is 2.03 bits per heavy atom. The molecule has 2 aromatic rings. The molecule has 4 rings (SSSR count). The van der Waals surface area contributed by atoms with Crippen LogP contribution in [-0.4, -0.2) is 46.8 Å². The molecule has 9 heteroatoms. The van der Waals surface area contributed by atoms with Crippen molar-refractivity contribution in [3.8, 4) is 0 Å². The number of carboxylic acids is 1. The molecular weight excluding hydrogens is 417 g/mol. The molecule has 0 bridgehead atoms. The van der Waals surface area contributed by atoms with Gasteiger partial charge in [0.05, 0.1) is 17.2 Å². The van der Waals surface area contributed by atoms with Gasteiger partial charge in [-0.15, -0.1) is 6.58 Å². The van der Waals surface area contributed by atoms with Crippen LogP contribution in [0.3, 0.4) is 0 Å². The molecule has 0 radical (unpaired) electrons. The number of carbonyl (C=O) groups is 2. The number of carbonyl (C=O) groups excluding carboxylic acids is 1. The second-order valence-electron chi connectivity index (χ2n) is 8.42. The third-order valence-electron chi connectivity index (χ3n) is 6.30. The molecule has 0 amide bonds. The van der Waals surface area contributed by atoms with Gasteiger partial charge in [0.25, 0.3) is 0 Å². The van der Waals surface area contributed by atoms with Crippen molar-refractivity contribution in [3.05, 3.63) is 52.1 Å². The zero-order chi connectivity index (χ0) is 23.2. The van der Waals surface area contributed by atoms with Gasteiger partial charge in [-0.05, 0) is 25.8 Å². The van der Waals surface area contributed by atoms with E-state index in [-0.39, 0.29) is 23.1 Å². The van der Waals surface area contributed by atoms with Crippen molar-refractivity contribution < 1.29 is 23.8 Å². The van der Waals surface area contributed by atoms with E-state index in [1.165, 1.54) is 6.20 Å². The Morgan fingerprint density at radius 1 is 1.34 bits per heavy atom. The van der Waals surface area contributed by atoms with Gasteiger partial charge in [0.1, 0.15) is 23.5 Å². The van der Waals surface area contributed by atoms with Crippen molar-refractivity contribution in [2.24, 2.45) is 5.73 Å². The fourth-order valence-corrected chi connectivity index (χ4v) is 4.68. The Hall–Kier alpha value is -3.20. The van der Waals surface area contributed by atoms with Crippen LogP contribution >= 0.6 is 0 Å². The van der Waals surface area contributed by atoms with Crippen molar-refractivity contribution >= 4 is 28.5 Å². The third kappa shape index (κ3) is 3.66. The van der Waals surface area contributed by atoms with E-state index in [9.17, 15) is 19.5 Å². The van der Waals surface area contributed by atoms with Crippen LogP contribution in [0.25, 0.3) is 10.9 Å². The number of benzene rings is 1. The molecule has 0 saturated carbocycles. The molecule has 2 aliphatic heterocycles. The molecule has 170 valence electrons. The number of aromatic carboxylic acids is 1. The summed E-state index contributed by atoms with van der Waals surface area (Å²) in [6, 6.07) is 0.263. The van der Waals surface area contributed by atoms with Crippen LogP contribution in [-0.2, 0) is 16.0 Å². The lowest BCUT2D eigenvalue weighted by atomic mass is 9.92. The number of nitrogens with zero attached hydrogens (tertiary/aromatic N) is 2. The number of carboxylic acid groups (broad SMARTS) is 1. The topological polar surface area (TPSA) is 115 Å². The maximum atomic E-state index is 15.4. The van der Waals surface area contributed by atoms with Crippen LogP contribution in [0.5, 0.6) is 0 Å². The Labute approximate surface area is 184 Å². The molecule has 3 heterocycles. The smallest absolute Gasteiger partial charge is 0.341 e. The van der Waals surface area contributed by atoms with Crippen molar-refractivity contribution in [2.45, 2.75) is 50.8 Å². The molecule has 0 aliphatic carbocycles. The maximum Gasteiger partial charge on any atom is 0.341 e. The lowest BCUT2D eigenvalue weighted by Crippen LogP contribution is -2.41. The van der Waals surface area contributed by atoms with Gasteiger partial charge in [-0.1, -0.05) is 6.08 Å². The first-order valence-corrected chi connectivity index (χ1v) is 10.7. The van der Waals surface area contributed by atoms with E-state index in [0.29, 0.717) is 55.5 Å². The van der Waals surface area contributed by atoms with E-state index in [1.807, 2.05) is 4.90 Å². The van der Waals surface area contributed by atoms with Gasteiger partial charge >= 0.3 is 11.9 Å². The summed E-state index contributed by atoms with van der Waals surface area (Å²) >= 11 is 0. The van der Waals surface area contributed by atoms with Crippen molar-refractivity contribution in [3.63, 3.8) is 0 Å². The number of aryl methyl sites for hydroxylation is 1. The molecule has 1 aromatic carbocycles. The molecule has 32 heavy (non-hydrogen) atoms. The zero-order valence-corrected chi connectivity index (χ0v) is 17.8. The summed E-state index contributed by atoms with van der Waals surface area (Å²) < 4.78 is 22.5. The van der Waals surface area contributed by atoms with E-state index < -0.39 is 29.2 Å². The fraction of sp³-hybridized carbons (Fsp3) is 0.435. The van der Waals surface area contributed by atoms with Gasteiger partial charge in [-0.3, -0.25) is 9.59 Å². The summed E-state index contributed by atoms with van der Waals surface area (Å²) in [5.74, 6) is -2.35. The van der Waals surface area contributed by atoms with Gasteiger partial charge in [-0.2, -0.15) is 0 Å². The Bertz CT molecular complexity index is 1160. The first-order chi connectivity index (χ1) is 15.2. The number of aromatic nitrogens is 1. The summed E-state index contributed by atoms with van der Waals surface area (Å²) in [4.78, 5) is 38.1. The number of esters is 1. The highest BCUT2D eigenvalue weighted by Gasteiger charge is 2.31. The summed E-state index contributed by atoms with van der Waals surface area (Å²) in [5.41, 5.74) is 6.15. The molecule has 8 nitrogen and oxygen atoms in total. The quantitative estimate of drug-likeness (QED) is 0.539. The van der Waals surface area contributed by atoms with Gasteiger partial charge in [-0.25, -0.2) is 9.18 Å². The Balaban J connectivity index is 1.76. The molecule has 2 atom stereocenters. The zero-order valence-electron chi connectivity index (χ0n) is 17.8. The predicted octanol–water partition coefficient (Wildman–Crippen LogP) is 2.37. The second-order valence-corrected chi connectivity index (χ2v) is 8.42. The average molecular weight is 443 g/mol. The van der Waals surface area contributed by atoms with Gasteiger partial charge in [0.2, 0.25) is 5.43 Å². The van der Waals surface area contributed by atoms with E-state index in [1.54, 1.807) is 17.6 Å². The molecule has 0 unspecified atom stereocenters. The van der Waals surface area contributed by atoms with Crippen molar-refractivity contribution in [1.29, 1.82) is 0 Å². The first kappa shape index (κ1) is 22.0. The highest BCUT2D eigenvalue weighted by Crippen LogP contribution is 2.39. The lowest BCUT2D eigenvalue weighted by molar-refractivity contribution is -0.151. The molecule has 2 aliphatic rings. The number of piperidine rings is 1.